The molecule has 0 nitrogen and oxygen atoms in total. The van der Waals surface area contributed by atoms with Gasteiger partial charge < -0.3 is 0 Å². The second kappa shape index (κ2) is 5.73. The predicted molar refractivity (Wildman–Crippen MR) is 73.5 cm³/mol. The third-order valence-corrected chi connectivity index (χ3v) is 3.95. The molecule has 0 aliphatic heterocycles. The van der Waals surface area contributed by atoms with Gasteiger partial charge in [0, 0.05) is 21.7 Å². The number of hydrogen-bond donors (Lipinski definition) is 0. The van der Waals surface area contributed by atoms with Crippen LogP contribution in [0.4, 0.5) is 13.2 Å². The third kappa shape index (κ3) is 3.25. The molecule has 19 heavy (non-hydrogen) atoms. The van der Waals surface area contributed by atoms with Crippen LogP contribution in [0.2, 0.25) is 10.0 Å². The van der Waals surface area contributed by atoms with Gasteiger partial charge in [-0.15, -0.1) is 0 Å². The van der Waals surface area contributed by atoms with Crippen molar-refractivity contribution in [1.82, 2.24) is 0 Å². The first-order valence-electron chi connectivity index (χ1n) is 5.13. The maximum atomic E-state index is 13.7. The highest BCUT2D eigenvalue weighted by Gasteiger charge is 2.19. The zero-order chi connectivity index (χ0) is 14.2. The summed E-state index contributed by atoms with van der Waals surface area (Å²) in [6.07, 6.45) is 0. The fraction of sp³-hybridized carbons (Fsp3) is 0.0769. The molecule has 0 bridgehead atoms. The summed E-state index contributed by atoms with van der Waals surface area (Å²) in [4.78, 5) is -0.682. The molecular formula is C13H6BrCl2F3. The maximum Gasteiger partial charge on any atom is 0.161 e. The summed E-state index contributed by atoms with van der Waals surface area (Å²) in [5, 5.41) is 0.741. The molecule has 0 spiro atoms. The SMILES string of the molecule is Fc1cc(F)c(C(Br)c2cc(Cl)cc(Cl)c2)cc1F. The summed E-state index contributed by atoms with van der Waals surface area (Å²) in [6, 6.07) is 5.96. The molecule has 1 atom stereocenters. The second-order valence-corrected chi connectivity index (χ2v) is 5.64. The zero-order valence-corrected chi connectivity index (χ0v) is 12.3. The molecule has 0 saturated heterocycles. The Morgan fingerprint density at radius 1 is 0.789 bits per heavy atom. The highest BCUT2D eigenvalue weighted by Crippen LogP contribution is 2.35. The molecule has 0 heterocycles. The minimum atomic E-state index is -1.23. The number of hydrogen-bond acceptors (Lipinski definition) is 0. The van der Waals surface area contributed by atoms with Crippen molar-refractivity contribution in [3.05, 3.63) is 69.0 Å². The maximum absolute atomic E-state index is 13.7. The summed E-state index contributed by atoms with van der Waals surface area (Å²) in [5.41, 5.74) is 0.514. The van der Waals surface area contributed by atoms with Crippen LogP contribution in [0.1, 0.15) is 16.0 Å². The highest BCUT2D eigenvalue weighted by atomic mass is 79.9. The molecule has 0 fully saturated rings. The predicted octanol–water partition coefficient (Wildman–Crippen LogP) is 5.90. The largest absolute Gasteiger partial charge is 0.207 e. The number of benzene rings is 2. The molecule has 0 N–H and O–H groups in total. The first-order valence-corrected chi connectivity index (χ1v) is 6.80. The van der Waals surface area contributed by atoms with E-state index in [0.717, 1.165) is 6.07 Å². The van der Waals surface area contributed by atoms with Gasteiger partial charge in [-0.3, -0.25) is 0 Å². The van der Waals surface area contributed by atoms with Gasteiger partial charge in [0.25, 0.3) is 0 Å². The molecule has 100 valence electrons. The van der Waals surface area contributed by atoms with Crippen LogP contribution in [0.3, 0.4) is 0 Å². The molecule has 0 aliphatic rings. The Morgan fingerprint density at radius 3 is 1.89 bits per heavy atom. The Kier molecular flexibility index (Phi) is 4.43. The fourth-order valence-corrected chi connectivity index (χ4v) is 2.79. The summed E-state index contributed by atoms with van der Waals surface area (Å²) in [7, 11) is 0. The summed E-state index contributed by atoms with van der Waals surface area (Å²) >= 11 is 14.9. The van der Waals surface area contributed by atoms with Crippen molar-refractivity contribution in [3.8, 4) is 0 Å². The smallest absolute Gasteiger partial charge is 0.161 e. The van der Waals surface area contributed by atoms with E-state index in [1.54, 1.807) is 12.1 Å². The minimum Gasteiger partial charge on any atom is -0.207 e. The molecule has 2 rings (SSSR count). The molecule has 1 unspecified atom stereocenters. The normalized spacial score (nSPS) is 12.5. The molecule has 2 aromatic carbocycles. The van der Waals surface area contributed by atoms with Crippen LogP contribution in [0.15, 0.2) is 30.3 Å². The lowest BCUT2D eigenvalue weighted by Crippen LogP contribution is -2.00. The Morgan fingerprint density at radius 2 is 1.32 bits per heavy atom. The van der Waals surface area contributed by atoms with E-state index in [0.29, 0.717) is 21.7 Å². The summed E-state index contributed by atoms with van der Waals surface area (Å²) < 4.78 is 39.7. The van der Waals surface area contributed by atoms with Gasteiger partial charge in [-0.2, -0.15) is 0 Å². The minimum absolute atomic E-state index is 0.0303. The van der Waals surface area contributed by atoms with Crippen LogP contribution >= 0.6 is 39.1 Å². The van der Waals surface area contributed by atoms with Gasteiger partial charge in [0.15, 0.2) is 11.6 Å². The Labute approximate surface area is 126 Å². The molecular weight excluding hydrogens is 364 g/mol. The van der Waals surface area contributed by atoms with E-state index in [9.17, 15) is 13.2 Å². The van der Waals surface area contributed by atoms with Gasteiger partial charge in [-0.25, -0.2) is 13.2 Å². The van der Waals surface area contributed by atoms with Crippen molar-refractivity contribution < 1.29 is 13.2 Å². The van der Waals surface area contributed by atoms with Crippen LogP contribution in [-0.4, -0.2) is 0 Å². The van der Waals surface area contributed by atoms with E-state index < -0.39 is 22.3 Å². The lowest BCUT2D eigenvalue weighted by Gasteiger charge is -2.13. The van der Waals surface area contributed by atoms with E-state index in [4.69, 9.17) is 23.2 Å². The molecule has 0 saturated carbocycles. The third-order valence-electron chi connectivity index (χ3n) is 2.49. The van der Waals surface area contributed by atoms with Gasteiger partial charge in [0.05, 0.1) is 4.83 Å². The second-order valence-electron chi connectivity index (χ2n) is 3.85. The molecule has 0 amide bonds. The zero-order valence-electron chi connectivity index (χ0n) is 9.23. The average Bonchev–Trinajstić information content (AvgIpc) is 2.31. The van der Waals surface area contributed by atoms with E-state index in [-0.39, 0.29) is 5.56 Å². The van der Waals surface area contributed by atoms with Crippen LogP contribution < -0.4 is 0 Å². The van der Waals surface area contributed by atoms with Crippen LogP contribution in [-0.2, 0) is 0 Å². The van der Waals surface area contributed by atoms with Crippen LogP contribution in [0, 0.1) is 17.5 Å². The fourth-order valence-electron chi connectivity index (χ4n) is 1.63. The van der Waals surface area contributed by atoms with E-state index in [1.165, 1.54) is 6.07 Å². The lowest BCUT2D eigenvalue weighted by molar-refractivity contribution is 0.491. The summed E-state index contributed by atoms with van der Waals surface area (Å²) in [6.45, 7) is 0. The molecule has 0 aromatic heterocycles. The first kappa shape index (κ1) is 14.7. The Bertz CT molecular complexity index is 611. The van der Waals surface area contributed by atoms with E-state index in [2.05, 4.69) is 15.9 Å². The van der Waals surface area contributed by atoms with Gasteiger partial charge >= 0.3 is 0 Å². The van der Waals surface area contributed by atoms with Crippen LogP contribution in [0.25, 0.3) is 0 Å². The monoisotopic (exact) mass is 368 g/mol. The van der Waals surface area contributed by atoms with Gasteiger partial charge in [-0.1, -0.05) is 39.1 Å². The van der Waals surface area contributed by atoms with Crippen molar-refractivity contribution >= 4 is 39.1 Å². The van der Waals surface area contributed by atoms with Gasteiger partial charge in [0.1, 0.15) is 5.82 Å². The van der Waals surface area contributed by atoms with Crippen molar-refractivity contribution in [2.45, 2.75) is 4.83 Å². The average molecular weight is 370 g/mol. The molecule has 0 aliphatic carbocycles. The molecule has 0 radical (unpaired) electrons. The summed E-state index contributed by atoms with van der Waals surface area (Å²) in [5.74, 6) is -3.20. The van der Waals surface area contributed by atoms with Crippen molar-refractivity contribution in [3.63, 3.8) is 0 Å². The Balaban J connectivity index is 2.49. The Hall–Kier alpha value is -0.710. The van der Waals surface area contributed by atoms with Gasteiger partial charge in [-0.05, 0) is 29.8 Å². The van der Waals surface area contributed by atoms with E-state index in [1.807, 2.05) is 0 Å². The molecule has 2 aromatic rings. The van der Waals surface area contributed by atoms with E-state index >= 15 is 0 Å². The molecule has 6 heteroatoms. The highest BCUT2D eigenvalue weighted by molar-refractivity contribution is 9.09. The quantitative estimate of drug-likeness (QED) is 0.457. The van der Waals surface area contributed by atoms with Crippen molar-refractivity contribution in [1.29, 1.82) is 0 Å². The standard InChI is InChI=1S/C13H6BrCl2F3/c14-13(6-1-7(15)3-8(16)2-6)9-4-11(18)12(19)5-10(9)17/h1-5,13H. The van der Waals surface area contributed by atoms with Crippen LogP contribution in [0.5, 0.6) is 0 Å². The lowest BCUT2D eigenvalue weighted by atomic mass is 10.0. The topological polar surface area (TPSA) is 0 Å². The van der Waals surface area contributed by atoms with Crippen molar-refractivity contribution in [2.75, 3.05) is 0 Å². The number of halogens is 6. The number of alkyl halides is 1. The first-order chi connectivity index (χ1) is 8.88. The van der Waals surface area contributed by atoms with Crippen molar-refractivity contribution in [2.24, 2.45) is 0 Å². The number of rotatable bonds is 2. The van der Waals surface area contributed by atoms with Gasteiger partial charge in [0.2, 0.25) is 0 Å².